The number of nitrogens with zero attached hydrogens (tertiary/aromatic N) is 7. The normalized spacial score (nSPS) is 16.6. The quantitative estimate of drug-likeness (QED) is 0.618. The second-order valence-corrected chi connectivity index (χ2v) is 7.50. The van der Waals surface area contributed by atoms with E-state index in [-0.39, 0.29) is 11.9 Å². The average molecular weight is 409 g/mol. The maximum atomic E-state index is 13.1. The first-order valence-electron chi connectivity index (χ1n) is 10.5. The molecule has 4 rings (SSSR count). The van der Waals surface area contributed by atoms with Crippen LogP contribution in [0.25, 0.3) is 11.6 Å². The van der Waals surface area contributed by atoms with Crippen LogP contribution in [0.2, 0.25) is 0 Å². The Kier molecular flexibility index (Phi) is 5.78. The molecule has 158 valence electrons. The minimum atomic E-state index is 0.0543. The molecule has 30 heavy (non-hydrogen) atoms. The van der Waals surface area contributed by atoms with Gasteiger partial charge in [-0.25, -0.2) is 4.68 Å². The van der Waals surface area contributed by atoms with E-state index in [1.807, 2.05) is 35.4 Å². The van der Waals surface area contributed by atoms with Crippen LogP contribution in [0.15, 0.2) is 35.0 Å². The highest BCUT2D eigenvalue weighted by atomic mass is 16.5. The Morgan fingerprint density at radius 2 is 2.00 bits per heavy atom. The largest absolute Gasteiger partial charge is 0.372 e. The summed E-state index contributed by atoms with van der Waals surface area (Å²) in [5.41, 5.74) is 2.40. The van der Waals surface area contributed by atoms with Crippen molar-refractivity contribution in [3.63, 3.8) is 0 Å². The molecule has 0 spiro atoms. The van der Waals surface area contributed by atoms with Crippen LogP contribution in [0, 0.1) is 6.92 Å². The van der Waals surface area contributed by atoms with Crippen molar-refractivity contribution in [3.8, 4) is 11.6 Å². The van der Waals surface area contributed by atoms with Gasteiger partial charge in [0.15, 0.2) is 11.5 Å². The van der Waals surface area contributed by atoms with Gasteiger partial charge in [-0.15, -0.1) is 5.10 Å². The fourth-order valence-electron chi connectivity index (χ4n) is 3.90. The van der Waals surface area contributed by atoms with Crippen LogP contribution < -0.4 is 4.90 Å². The average Bonchev–Trinajstić information content (AvgIpc) is 3.44. The first-order valence-corrected chi connectivity index (χ1v) is 10.5. The van der Waals surface area contributed by atoms with Crippen LogP contribution in [-0.2, 0) is 0 Å². The van der Waals surface area contributed by atoms with Gasteiger partial charge in [0.25, 0.3) is 11.8 Å². The molecule has 1 amide bonds. The Morgan fingerprint density at radius 1 is 1.23 bits per heavy atom. The van der Waals surface area contributed by atoms with Crippen molar-refractivity contribution in [2.24, 2.45) is 0 Å². The van der Waals surface area contributed by atoms with Crippen molar-refractivity contribution in [2.75, 3.05) is 31.1 Å². The zero-order chi connectivity index (χ0) is 21.1. The Morgan fingerprint density at radius 3 is 2.67 bits per heavy atom. The summed E-state index contributed by atoms with van der Waals surface area (Å²) < 4.78 is 6.97. The third-order valence-electron chi connectivity index (χ3n) is 5.56. The van der Waals surface area contributed by atoms with Crippen molar-refractivity contribution in [1.29, 1.82) is 0 Å². The van der Waals surface area contributed by atoms with E-state index in [2.05, 4.69) is 39.2 Å². The van der Waals surface area contributed by atoms with Gasteiger partial charge in [0.2, 0.25) is 0 Å². The molecule has 1 aliphatic heterocycles. The van der Waals surface area contributed by atoms with E-state index < -0.39 is 0 Å². The number of benzene rings is 1. The van der Waals surface area contributed by atoms with Crippen LogP contribution >= 0.6 is 0 Å². The van der Waals surface area contributed by atoms with Crippen molar-refractivity contribution in [3.05, 3.63) is 41.9 Å². The lowest BCUT2D eigenvalue weighted by Crippen LogP contribution is -2.40. The summed E-state index contributed by atoms with van der Waals surface area (Å²) in [6, 6.07) is 7.97. The smallest absolute Gasteiger partial charge is 0.280 e. The first kappa shape index (κ1) is 20.1. The lowest BCUT2D eigenvalue weighted by molar-refractivity contribution is 0.0672. The summed E-state index contributed by atoms with van der Waals surface area (Å²) in [4.78, 5) is 21.4. The minimum Gasteiger partial charge on any atom is -0.372 e. The number of hydrogen-bond donors (Lipinski definition) is 0. The van der Waals surface area contributed by atoms with Gasteiger partial charge >= 0.3 is 0 Å². The lowest BCUT2D eigenvalue weighted by atomic mass is 10.0. The molecule has 9 heteroatoms. The molecule has 0 radical (unpaired) electrons. The van der Waals surface area contributed by atoms with E-state index in [1.54, 1.807) is 11.6 Å². The SMILES string of the molecule is CCN(CC)c1ccc(C(=O)N2CCCC(n3cc(-c4nc(C)no4)nn3)C2)cc1. The molecule has 1 fully saturated rings. The molecule has 0 bridgehead atoms. The summed E-state index contributed by atoms with van der Waals surface area (Å²) >= 11 is 0. The second kappa shape index (κ2) is 8.64. The van der Waals surface area contributed by atoms with Gasteiger partial charge in [-0.2, -0.15) is 4.98 Å². The van der Waals surface area contributed by atoms with Crippen molar-refractivity contribution in [2.45, 2.75) is 39.7 Å². The maximum Gasteiger partial charge on any atom is 0.280 e. The number of rotatable bonds is 6. The first-order chi connectivity index (χ1) is 14.6. The van der Waals surface area contributed by atoms with Crippen molar-refractivity contribution >= 4 is 11.6 Å². The number of piperidine rings is 1. The highest BCUT2D eigenvalue weighted by Gasteiger charge is 2.27. The highest BCUT2D eigenvalue weighted by Crippen LogP contribution is 2.24. The predicted molar refractivity (Wildman–Crippen MR) is 112 cm³/mol. The Bertz CT molecular complexity index is 991. The van der Waals surface area contributed by atoms with Gasteiger partial charge in [0, 0.05) is 37.4 Å². The fraction of sp³-hybridized carbons (Fsp3) is 0.476. The van der Waals surface area contributed by atoms with E-state index in [0.29, 0.717) is 29.5 Å². The number of hydrogen-bond acceptors (Lipinski definition) is 7. The molecule has 0 saturated carbocycles. The van der Waals surface area contributed by atoms with E-state index in [0.717, 1.165) is 38.2 Å². The number of likely N-dealkylation sites (tertiary alicyclic amines) is 1. The Labute approximate surface area is 175 Å². The van der Waals surface area contributed by atoms with E-state index >= 15 is 0 Å². The Balaban J connectivity index is 1.45. The van der Waals surface area contributed by atoms with Crippen molar-refractivity contribution in [1.82, 2.24) is 30.0 Å². The summed E-state index contributed by atoms with van der Waals surface area (Å²) in [5.74, 6) is 0.968. The topological polar surface area (TPSA) is 93.2 Å². The molecular weight excluding hydrogens is 382 g/mol. The molecule has 9 nitrogen and oxygen atoms in total. The predicted octanol–water partition coefficient (Wildman–Crippen LogP) is 2.96. The van der Waals surface area contributed by atoms with Gasteiger partial charge in [-0.1, -0.05) is 10.4 Å². The van der Waals surface area contributed by atoms with Gasteiger partial charge in [0.1, 0.15) is 0 Å². The number of carbonyl (C=O) groups excluding carboxylic acids is 1. The molecule has 3 heterocycles. The van der Waals surface area contributed by atoms with Crippen molar-refractivity contribution < 1.29 is 9.32 Å². The van der Waals surface area contributed by atoms with E-state index in [1.165, 1.54) is 0 Å². The van der Waals surface area contributed by atoms with Crippen LogP contribution in [0.1, 0.15) is 48.9 Å². The molecule has 1 atom stereocenters. The van der Waals surface area contributed by atoms with E-state index in [9.17, 15) is 4.79 Å². The van der Waals surface area contributed by atoms with Gasteiger partial charge < -0.3 is 14.3 Å². The summed E-state index contributed by atoms with van der Waals surface area (Å²) in [6.45, 7) is 9.26. The standard InChI is InChI=1S/C21H27N7O2/c1-4-26(5-2)17-10-8-16(9-11-17)21(29)27-12-6-7-18(13-27)28-14-19(23-25-28)20-22-15(3)24-30-20/h8-11,14,18H,4-7,12-13H2,1-3H3. The zero-order valence-electron chi connectivity index (χ0n) is 17.7. The summed E-state index contributed by atoms with van der Waals surface area (Å²) in [5, 5.41) is 12.2. The summed E-state index contributed by atoms with van der Waals surface area (Å²) in [6.07, 6.45) is 3.67. The van der Waals surface area contributed by atoms with Crippen LogP contribution in [0.4, 0.5) is 5.69 Å². The van der Waals surface area contributed by atoms with Gasteiger partial charge in [0.05, 0.1) is 12.2 Å². The number of anilines is 1. The molecule has 0 N–H and O–H groups in total. The molecule has 1 aliphatic rings. The number of carbonyl (C=O) groups is 1. The minimum absolute atomic E-state index is 0.0543. The maximum absolute atomic E-state index is 13.1. The number of amides is 1. The van der Waals surface area contributed by atoms with Crippen LogP contribution in [0.3, 0.4) is 0 Å². The molecule has 1 saturated heterocycles. The monoisotopic (exact) mass is 409 g/mol. The van der Waals surface area contributed by atoms with E-state index in [4.69, 9.17) is 4.52 Å². The van der Waals surface area contributed by atoms with Gasteiger partial charge in [-0.3, -0.25) is 4.79 Å². The molecule has 2 aromatic heterocycles. The second-order valence-electron chi connectivity index (χ2n) is 7.50. The molecule has 1 aromatic carbocycles. The molecule has 0 aliphatic carbocycles. The number of aryl methyl sites for hydroxylation is 1. The van der Waals surface area contributed by atoms with Gasteiger partial charge in [-0.05, 0) is 57.9 Å². The molecule has 3 aromatic rings. The number of aromatic nitrogens is 5. The Hall–Kier alpha value is -3.23. The van der Waals surface area contributed by atoms with Crippen LogP contribution in [-0.4, -0.2) is 62.1 Å². The molecule has 1 unspecified atom stereocenters. The lowest BCUT2D eigenvalue weighted by Gasteiger charge is -2.32. The fourth-order valence-corrected chi connectivity index (χ4v) is 3.90. The zero-order valence-corrected chi connectivity index (χ0v) is 17.7. The van der Waals surface area contributed by atoms with Crippen LogP contribution in [0.5, 0.6) is 0 Å². The third-order valence-corrected chi connectivity index (χ3v) is 5.56. The summed E-state index contributed by atoms with van der Waals surface area (Å²) in [7, 11) is 0. The highest BCUT2D eigenvalue weighted by molar-refractivity contribution is 5.94. The molecular formula is C21H27N7O2. The third kappa shape index (κ3) is 4.05.